The molecule has 0 atom stereocenters. The second-order valence-corrected chi connectivity index (χ2v) is 8.83. The zero-order valence-electron chi connectivity index (χ0n) is 19.5. The van der Waals surface area contributed by atoms with Crippen molar-refractivity contribution in [2.24, 2.45) is 5.92 Å². The molecule has 0 radical (unpaired) electrons. The molecule has 0 aliphatic carbocycles. The van der Waals surface area contributed by atoms with Crippen LogP contribution in [0.5, 0.6) is 5.75 Å². The van der Waals surface area contributed by atoms with Gasteiger partial charge in [0, 0.05) is 31.2 Å². The zero-order chi connectivity index (χ0) is 22.1. The second-order valence-electron chi connectivity index (χ2n) is 8.83. The van der Waals surface area contributed by atoms with Gasteiger partial charge in [0.05, 0.1) is 6.61 Å². The van der Waals surface area contributed by atoms with E-state index in [1.807, 2.05) is 25.7 Å². The van der Waals surface area contributed by atoms with Crippen LogP contribution in [0.2, 0.25) is 0 Å². The van der Waals surface area contributed by atoms with Gasteiger partial charge in [-0.05, 0) is 55.6 Å². The molecule has 0 aromatic heterocycles. The van der Waals surface area contributed by atoms with Crippen molar-refractivity contribution >= 4 is 11.6 Å². The summed E-state index contributed by atoms with van der Waals surface area (Å²) in [7, 11) is 0. The fraction of sp³-hybridized carbons (Fsp3) is 0.519. The molecule has 1 amide bonds. The normalized spacial score (nSPS) is 16.3. The van der Waals surface area contributed by atoms with E-state index >= 15 is 0 Å². The number of para-hydroxylation sites is 1. The number of benzene rings is 2. The number of hydrogen-bond donors (Lipinski definition) is 0. The Morgan fingerprint density at radius 3 is 2.32 bits per heavy atom. The molecule has 0 spiro atoms. The van der Waals surface area contributed by atoms with Gasteiger partial charge in [-0.25, -0.2) is 0 Å². The third-order valence-corrected chi connectivity index (χ3v) is 5.93. The van der Waals surface area contributed by atoms with Crippen LogP contribution in [0.3, 0.4) is 0 Å². The van der Waals surface area contributed by atoms with Crippen molar-refractivity contribution in [1.29, 1.82) is 0 Å². The lowest BCUT2D eigenvalue weighted by Gasteiger charge is -2.30. The van der Waals surface area contributed by atoms with Crippen LogP contribution in [-0.4, -0.2) is 30.5 Å². The monoisotopic (exact) mass is 422 g/mol. The molecule has 1 heterocycles. The first-order valence-electron chi connectivity index (χ1n) is 11.9. The fourth-order valence-corrected chi connectivity index (χ4v) is 4.28. The van der Waals surface area contributed by atoms with Crippen molar-refractivity contribution in [1.82, 2.24) is 4.90 Å². The smallest absolute Gasteiger partial charge is 0.229 e. The first-order chi connectivity index (χ1) is 15.1. The Morgan fingerprint density at radius 1 is 0.935 bits per heavy atom. The minimum Gasteiger partial charge on any atom is -0.494 e. The molecule has 0 unspecified atom stereocenters. The number of anilines is 1. The second kappa shape index (κ2) is 11.9. The van der Waals surface area contributed by atoms with Gasteiger partial charge in [-0.1, -0.05) is 63.4 Å². The van der Waals surface area contributed by atoms with Crippen molar-refractivity contribution in [3.63, 3.8) is 0 Å². The molecule has 4 nitrogen and oxygen atoms in total. The molecule has 2 aromatic rings. The number of hydrogen-bond acceptors (Lipinski definition) is 3. The average molecular weight is 423 g/mol. The Labute approximate surface area is 188 Å². The lowest BCUT2D eigenvalue weighted by atomic mass is 10.0. The minimum atomic E-state index is 0.000851. The Kier molecular flexibility index (Phi) is 8.96. The maximum atomic E-state index is 13.0. The molecular formula is C27H38N2O2. The van der Waals surface area contributed by atoms with Crippen molar-refractivity contribution < 1.29 is 9.53 Å². The van der Waals surface area contributed by atoms with E-state index in [2.05, 4.69) is 53.4 Å². The van der Waals surface area contributed by atoms with Crippen molar-refractivity contribution in [3.05, 3.63) is 59.7 Å². The molecule has 4 heteroatoms. The Balaban J connectivity index is 1.84. The third-order valence-electron chi connectivity index (χ3n) is 5.93. The third kappa shape index (κ3) is 6.83. The molecule has 1 aliphatic rings. The zero-order valence-corrected chi connectivity index (χ0v) is 19.5. The van der Waals surface area contributed by atoms with Crippen LogP contribution in [0, 0.1) is 5.92 Å². The van der Waals surface area contributed by atoms with E-state index in [1.165, 1.54) is 36.8 Å². The lowest BCUT2D eigenvalue weighted by Crippen LogP contribution is -2.36. The summed E-state index contributed by atoms with van der Waals surface area (Å²) in [5.41, 5.74) is 3.62. The highest BCUT2D eigenvalue weighted by Gasteiger charge is 2.22. The summed E-state index contributed by atoms with van der Waals surface area (Å²) in [6.45, 7) is 10.3. The van der Waals surface area contributed by atoms with Gasteiger partial charge in [-0.2, -0.15) is 0 Å². The molecule has 168 valence electrons. The maximum absolute atomic E-state index is 13.0. The number of rotatable bonds is 5. The fourth-order valence-electron chi connectivity index (χ4n) is 4.28. The molecule has 31 heavy (non-hydrogen) atoms. The number of ether oxygens (including phenoxy) is 1. The highest BCUT2D eigenvalue weighted by atomic mass is 16.5. The van der Waals surface area contributed by atoms with Gasteiger partial charge < -0.3 is 9.64 Å². The topological polar surface area (TPSA) is 32.8 Å². The van der Waals surface area contributed by atoms with Crippen molar-refractivity contribution in [2.45, 2.75) is 66.0 Å². The van der Waals surface area contributed by atoms with E-state index in [0.717, 1.165) is 44.0 Å². The first kappa shape index (κ1) is 23.3. The van der Waals surface area contributed by atoms with Gasteiger partial charge in [0.25, 0.3) is 0 Å². The number of fused-ring (bicyclic) bond motifs is 1. The summed E-state index contributed by atoms with van der Waals surface area (Å²) in [6.07, 6.45) is 5.96. The molecule has 0 saturated carbocycles. The van der Waals surface area contributed by atoms with Gasteiger partial charge in [0.1, 0.15) is 5.75 Å². The van der Waals surface area contributed by atoms with Crippen LogP contribution in [0.1, 0.15) is 64.0 Å². The van der Waals surface area contributed by atoms with E-state index < -0.39 is 0 Å². The van der Waals surface area contributed by atoms with Gasteiger partial charge in [-0.3, -0.25) is 9.69 Å². The largest absolute Gasteiger partial charge is 0.494 e. The average Bonchev–Trinajstić information content (AvgIpc) is 2.76. The molecular weight excluding hydrogens is 384 g/mol. The van der Waals surface area contributed by atoms with Gasteiger partial charge >= 0.3 is 0 Å². The van der Waals surface area contributed by atoms with E-state index in [4.69, 9.17) is 4.74 Å². The highest BCUT2D eigenvalue weighted by Crippen LogP contribution is 2.26. The van der Waals surface area contributed by atoms with Crippen LogP contribution >= 0.6 is 0 Å². The summed E-state index contributed by atoms with van der Waals surface area (Å²) in [4.78, 5) is 17.6. The number of carbonyl (C=O) groups excluding carboxylic acids is 1. The molecule has 0 saturated heterocycles. The van der Waals surface area contributed by atoms with Crippen LogP contribution in [-0.2, 0) is 17.9 Å². The summed E-state index contributed by atoms with van der Waals surface area (Å²) in [6, 6.07) is 16.9. The Hall–Kier alpha value is -2.33. The lowest BCUT2D eigenvalue weighted by molar-refractivity contribution is -0.121. The first-order valence-corrected chi connectivity index (χ1v) is 11.9. The predicted octanol–water partition coefficient (Wildman–Crippen LogP) is 6.04. The molecule has 0 N–H and O–H groups in total. The number of carbonyl (C=O) groups is 1. The van der Waals surface area contributed by atoms with Crippen molar-refractivity contribution in [2.75, 3.05) is 24.6 Å². The van der Waals surface area contributed by atoms with E-state index in [-0.39, 0.29) is 11.8 Å². The standard InChI is InChI=1S/C27H38N2O2/c1-4-31-25-16-14-23(15-17-25)20-28-18-10-6-5-7-11-19-29(27(30)22(2)3)26-13-9-8-12-24(26)21-28/h8-9,12-17,22H,4-7,10-11,18-21H2,1-3H3. The summed E-state index contributed by atoms with van der Waals surface area (Å²) in [5, 5.41) is 0. The Bertz CT molecular complexity index is 816. The molecule has 3 rings (SSSR count). The summed E-state index contributed by atoms with van der Waals surface area (Å²) in [5.74, 6) is 1.15. The van der Waals surface area contributed by atoms with Gasteiger partial charge in [0.2, 0.25) is 5.91 Å². The predicted molar refractivity (Wildman–Crippen MR) is 128 cm³/mol. The van der Waals surface area contributed by atoms with E-state index in [0.29, 0.717) is 6.61 Å². The maximum Gasteiger partial charge on any atom is 0.229 e. The molecule has 1 aliphatic heterocycles. The number of amides is 1. The van der Waals surface area contributed by atoms with E-state index in [9.17, 15) is 4.79 Å². The Morgan fingerprint density at radius 2 is 1.61 bits per heavy atom. The summed E-state index contributed by atoms with van der Waals surface area (Å²) >= 11 is 0. The quantitative estimate of drug-likeness (QED) is 0.589. The molecule has 0 bridgehead atoms. The SMILES string of the molecule is CCOc1ccc(CN2CCCCCCCN(C(=O)C(C)C)c3ccccc3C2)cc1. The van der Waals surface area contributed by atoms with Crippen molar-refractivity contribution in [3.8, 4) is 5.75 Å². The van der Waals surface area contributed by atoms with Crippen LogP contribution < -0.4 is 9.64 Å². The molecule has 0 fully saturated rings. The highest BCUT2D eigenvalue weighted by molar-refractivity contribution is 5.95. The number of nitrogens with zero attached hydrogens (tertiary/aromatic N) is 2. The summed E-state index contributed by atoms with van der Waals surface area (Å²) < 4.78 is 5.59. The van der Waals surface area contributed by atoms with Crippen LogP contribution in [0.15, 0.2) is 48.5 Å². The minimum absolute atomic E-state index is 0.000851. The van der Waals surface area contributed by atoms with E-state index in [1.54, 1.807) is 0 Å². The van der Waals surface area contributed by atoms with Crippen LogP contribution in [0.4, 0.5) is 5.69 Å². The van der Waals surface area contributed by atoms with Gasteiger partial charge in [-0.15, -0.1) is 0 Å². The molecule has 2 aromatic carbocycles. The van der Waals surface area contributed by atoms with Crippen LogP contribution in [0.25, 0.3) is 0 Å². The van der Waals surface area contributed by atoms with Gasteiger partial charge in [0.15, 0.2) is 0 Å².